The van der Waals surface area contributed by atoms with Crippen LogP contribution in [0.2, 0.25) is 0 Å². The number of carbonyl (C=O) groups is 2. The topological polar surface area (TPSA) is 105 Å². The summed E-state index contributed by atoms with van der Waals surface area (Å²) in [5.41, 5.74) is 6.25. The highest BCUT2D eigenvalue weighted by atomic mass is 32.1. The first-order chi connectivity index (χ1) is 8.99. The van der Waals surface area contributed by atoms with Crippen molar-refractivity contribution in [3.63, 3.8) is 0 Å². The Morgan fingerprint density at radius 3 is 2.58 bits per heavy atom. The molecule has 1 aromatic heterocycles. The largest absolute Gasteiger partial charge is 0.366 e. The first-order valence-electron chi connectivity index (χ1n) is 5.39. The molecule has 2 rings (SSSR count). The molecule has 1 aromatic carbocycles. The molecule has 1 heterocycles. The second-order valence-electron chi connectivity index (χ2n) is 3.83. The summed E-state index contributed by atoms with van der Waals surface area (Å²) in [5, 5.41) is 2.57. The van der Waals surface area contributed by atoms with Crippen LogP contribution in [0.1, 0.15) is 25.7 Å². The minimum absolute atomic E-state index is 0.219. The summed E-state index contributed by atoms with van der Waals surface area (Å²) in [6, 6.07) is 6.41. The van der Waals surface area contributed by atoms with E-state index < -0.39 is 11.8 Å². The number of thiazole rings is 1. The van der Waals surface area contributed by atoms with Crippen molar-refractivity contribution >= 4 is 28.8 Å². The molecule has 0 spiro atoms. The van der Waals surface area contributed by atoms with E-state index in [1.54, 1.807) is 25.1 Å². The third-order valence-electron chi connectivity index (χ3n) is 2.47. The van der Waals surface area contributed by atoms with Crippen LogP contribution in [-0.4, -0.2) is 16.8 Å². The van der Waals surface area contributed by atoms with Gasteiger partial charge < -0.3 is 16.0 Å². The van der Waals surface area contributed by atoms with E-state index in [9.17, 15) is 14.4 Å². The van der Waals surface area contributed by atoms with Crippen LogP contribution in [0.25, 0.3) is 0 Å². The second kappa shape index (κ2) is 5.07. The van der Waals surface area contributed by atoms with Gasteiger partial charge in [0.25, 0.3) is 11.8 Å². The third kappa shape index (κ3) is 2.71. The number of hydrogen-bond donors (Lipinski definition) is 3. The highest BCUT2D eigenvalue weighted by molar-refractivity contribution is 7.11. The molecule has 0 saturated heterocycles. The molecule has 0 aliphatic heterocycles. The summed E-state index contributed by atoms with van der Waals surface area (Å²) in [6.07, 6.45) is 0. The van der Waals surface area contributed by atoms with E-state index in [4.69, 9.17) is 5.73 Å². The SMILES string of the molecule is Cc1[nH]c(=O)sc1C(=O)Nc1ccccc1C(N)=O. The average Bonchev–Trinajstić information content (AvgIpc) is 2.69. The van der Waals surface area contributed by atoms with Gasteiger partial charge in [-0.05, 0) is 19.1 Å². The average molecular weight is 277 g/mol. The lowest BCUT2D eigenvalue weighted by atomic mass is 10.1. The number of anilines is 1. The summed E-state index contributed by atoms with van der Waals surface area (Å²) >= 11 is 0.817. The predicted octanol–water partition coefficient (Wildman–Crippen LogP) is 1.10. The number of H-pyrrole nitrogens is 1. The molecule has 0 saturated carbocycles. The minimum Gasteiger partial charge on any atom is -0.366 e. The summed E-state index contributed by atoms with van der Waals surface area (Å²) < 4.78 is 0. The van der Waals surface area contributed by atoms with Gasteiger partial charge in [0.15, 0.2) is 0 Å². The fourth-order valence-electron chi connectivity index (χ4n) is 1.61. The van der Waals surface area contributed by atoms with E-state index in [-0.39, 0.29) is 15.3 Å². The summed E-state index contributed by atoms with van der Waals surface area (Å²) in [4.78, 5) is 36.9. The van der Waals surface area contributed by atoms with E-state index in [1.165, 1.54) is 6.07 Å². The molecule has 0 fully saturated rings. The van der Waals surface area contributed by atoms with Gasteiger partial charge in [-0.3, -0.25) is 14.4 Å². The van der Waals surface area contributed by atoms with E-state index in [2.05, 4.69) is 10.3 Å². The Morgan fingerprint density at radius 1 is 1.32 bits per heavy atom. The Morgan fingerprint density at radius 2 is 2.00 bits per heavy atom. The van der Waals surface area contributed by atoms with Crippen molar-refractivity contribution in [3.8, 4) is 0 Å². The molecule has 0 bridgehead atoms. The van der Waals surface area contributed by atoms with Crippen LogP contribution in [-0.2, 0) is 0 Å². The number of carbonyl (C=O) groups excluding carboxylic acids is 2. The molecule has 2 aromatic rings. The maximum absolute atomic E-state index is 12.0. The zero-order valence-electron chi connectivity index (χ0n) is 10.0. The summed E-state index contributed by atoms with van der Waals surface area (Å²) in [6.45, 7) is 1.63. The first-order valence-corrected chi connectivity index (χ1v) is 6.20. The van der Waals surface area contributed by atoms with Gasteiger partial charge in [-0.1, -0.05) is 23.5 Å². The fourth-order valence-corrected chi connectivity index (χ4v) is 2.34. The van der Waals surface area contributed by atoms with E-state index in [1.807, 2.05) is 0 Å². The van der Waals surface area contributed by atoms with Gasteiger partial charge in [0, 0.05) is 5.69 Å². The van der Waals surface area contributed by atoms with Crippen molar-refractivity contribution in [3.05, 3.63) is 50.1 Å². The van der Waals surface area contributed by atoms with Crippen molar-refractivity contribution in [1.82, 2.24) is 4.98 Å². The normalized spacial score (nSPS) is 10.2. The summed E-state index contributed by atoms with van der Waals surface area (Å²) in [7, 11) is 0. The standard InChI is InChI=1S/C12H11N3O3S/c1-6-9(19-12(18)14-6)11(17)15-8-5-3-2-4-7(8)10(13)16/h2-5H,1H3,(H2,13,16)(H,14,18)(H,15,17). The third-order valence-corrected chi connectivity index (χ3v) is 3.46. The van der Waals surface area contributed by atoms with Crippen LogP contribution in [0.5, 0.6) is 0 Å². The number of hydrogen-bond acceptors (Lipinski definition) is 4. The predicted molar refractivity (Wildman–Crippen MR) is 72.6 cm³/mol. The van der Waals surface area contributed by atoms with E-state index in [0.717, 1.165) is 11.3 Å². The monoisotopic (exact) mass is 277 g/mol. The molecule has 2 amide bonds. The number of aromatic nitrogens is 1. The molecule has 0 radical (unpaired) electrons. The minimum atomic E-state index is -0.630. The van der Waals surface area contributed by atoms with Crippen LogP contribution < -0.4 is 15.9 Å². The lowest BCUT2D eigenvalue weighted by Gasteiger charge is -2.07. The van der Waals surface area contributed by atoms with E-state index >= 15 is 0 Å². The van der Waals surface area contributed by atoms with Crippen LogP contribution >= 0.6 is 11.3 Å². The Balaban J connectivity index is 2.32. The maximum Gasteiger partial charge on any atom is 0.305 e. The van der Waals surface area contributed by atoms with Crippen molar-refractivity contribution in [1.29, 1.82) is 0 Å². The molecule has 0 atom stereocenters. The van der Waals surface area contributed by atoms with Gasteiger partial charge in [0.1, 0.15) is 4.88 Å². The Labute approximate surface area is 112 Å². The van der Waals surface area contributed by atoms with Crippen LogP contribution in [0.15, 0.2) is 29.1 Å². The molecule has 0 unspecified atom stereocenters. The highest BCUT2D eigenvalue weighted by Gasteiger charge is 2.16. The molecule has 0 aliphatic carbocycles. The number of benzene rings is 1. The molecule has 4 N–H and O–H groups in total. The second-order valence-corrected chi connectivity index (χ2v) is 4.82. The van der Waals surface area contributed by atoms with Gasteiger partial charge in [-0.25, -0.2) is 0 Å². The van der Waals surface area contributed by atoms with Gasteiger partial charge in [-0.15, -0.1) is 0 Å². The number of aromatic amines is 1. The number of aryl methyl sites for hydroxylation is 1. The van der Waals surface area contributed by atoms with Crippen molar-refractivity contribution in [2.75, 3.05) is 5.32 Å². The van der Waals surface area contributed by atoms with E-state index in [0.29, 0.717) is 11.4 Å². The van der Waals surface area contributed by atoms with Crippen LogP contribution in [0.3, 0.4) is 0 Å². The highest BCUT2D eigenvalue weighted by Crippen LogP contribution is 2.17. The zero-order chi connectivity index (χ0) is 14.0. The van der Waals surface area contributed by atoms with Crippen LogP contribution in [0.4, 0.5) is 5.69 Å². The molecule has 6 nitrogen and oxygen atoms in total. The van der Waals surface area contributed by atoms with Gasteiger partial charge in [0.2, 0.25) is 0 Å². The van der Waals surface area contributed by atoms with Crippen molar-refractivity contribution in [2.45, 2.75) is 6.92 Å². The number of amides is 2. The Hall–Kier alpha value is -2.41. The fraction of sp³-hybridized carbons (Fsp3) is 0.0833. The number of primary amides is 1. The number of rotatable bonds is 3. The number of para-hydroxylation sites is 1. The molecular weight excluding hydrogens is 266 g/mol. The van der Waals surface area contributed by atoms with Crippen molar-refractivity contribution in [2.24, 2.45) is 5.73 Å². The maximum atomic E-state index is 12.0. The molecular formula is C12H11N3O3S. The Kier molecular flexibility index (Phi) is 3.48. The molecule has 98 valence electrons. The molecule has 7 heteroatoms. The first kappa shape index (κ1) is 13.0. The number of nitrogens with two attached hydrogens (primary N) is 1. The molecule has 19 heavy (non-hydrogen) atoms. The van der Waals surface area contributed by atoms with Crippen molar-refractivity contribution < 1.29 is 9.59 Å². The summed E-state index contributed by atoms with van der Waals surface area (Å²) in [5.74, 6) is -1.08. The lowest BCUT2D eigenvalue weighted by molar-refractivity contribution is 0.100. The molecule has 0 aliphatic rings. The quantitative estimate of drug-likeness (QED) is 0.782. The number of nitrogens with one attached hydrogen (secondary N) is 2. The lowest BCUT2D eigenvalue weighted by Crippen LogP contribution is -2.18. The van der Waals surface area contributed by atoms with Gasteiger partial charge in [-0.2, -0.15) is 0 Å². The van der Waals surface area contributed by atoms with Gasteiger partial charge in [0.05, 0.1) is 11.3 Å². The smallest absolute Gasteiger partial charge is 0.305 e. The van der Waals surface area contributed by atoms with Gasteiger partial charge >= 0.3 is 4.87 Å². The van der Waals surface area contributed by atoms with Crippen LogP contribution in [0, 0.1) is 6.92 Å². The zero-order valence-corrected chi connectivity index (χ0v) is 10.8. The Bertz CT molecular complexity index is 702.